The third-order valence-electron chi connectivity index (χ3n) is 2.92. The topological polar surface area (TPSA) is 58.2 Å². The minimum atomic E-state index is -1.04. The van der Waals surface area contributed by atoms with Crippen molar-refractivity contribution in [2.45, 2.75) is 51.9 Å². The van der Waals surface area contributed by atoms with Crippen LogP contribution >= 0.6 is 0 Å². The molecule has 1 aliphatic heterocycles. The van der Waals surface area contributed by atoms with Gasteiger partial charge in [0.1, 0.15) is 17.6 Å². The molecule has 6 heteroatoms. The molecular formula is C13H20FN3O2. The summed E-state index contributed by atoms with van der Waals surface area (Å²) in [7, 11) is 0. The molecule has 1 aromatic rings. The number of halogens is 1. The number of ether oxygens (including phenoxy) is 1. The predicted octanol–water partition coefficient (Wildman–Crippen LogP) is 2.74. The van der Waals surface area contributed by atoms with Crippen molar-refractivity contribution in [3.8, 4) is 0 Å². The lowest BCUT2D eigenvalue weighted by Gasteiger charge is -2.27. The van der Waals surface area contributed by atoms with Crippen LogP contribution in [0.1, 0.15) is 44.8 Å². The first kappa shape index (κ1) is 13.8. The Morgan fingerprint density at radius 1 is 1.58 bits per heavy atom. The fourth-order valence-electron chi connectivity index (χ4n) is 2.17. The summed E-state index contributed by atoms with van der Waals surface area (Å²) in [5.41, 5.74) is 0.302. The van der Waals surface area contributed by atoms with E-state index < -0.39 is 17.9 Å². The van der Waals surface area contributed by atoms with E-state index in [1.54, 1.807) is 27.0 Å². The van der Waals surface area contributed by atoms with Crippen LogP contribution in [0, 0.1) is 6.92 Å². The summed E-state index contributed by atoms with van der Waals surface area (Å²) in [4.78, 5) is 20.8. The van der Waals surface area contributed by atoms with Gasteiger partial charge in [0.05, 0.1) is 12.6 Å². The van der Waals surface area contributed by atoms with Gasteiger partial charge in [0.15, 0.2) is 0 Å². The van der Waals surface area contributed by atoms with Gasteiger partial charge >= 0.3 is 6.09 Å². The predicted molar refractivity (Wildman–Crippen MR) is 68.5 cm³/mol. The second-order valence-corrected chi connectivity index (χ2v) is 5.93. The lowest BCUT2D eigenvalue weighted by atomic mass is 10.2. The molecule has 106 valence electrons. The van der Waals surface area contributed by atoms with Crippen LogP contribution in [0.25, 0.3) is 0 Å². The van der Waals surface area contributed by atoms with Gasteiger partial charge in [0, 0.05) is 18.3 Å². The Bertz CT molecular complexity index is 467. The van der Waals surface area contributed by atoms with Crippen molar-refractivity contribution in [2.75, 3.05) is 6.54 Å². The van der Waals surface area contributed by atoms with Crippen molar-refractivity contribution in [1.29, 1.82) is 0 Å². The van der Waals surface area contributed by atoms with Crippen LogP contribution in [0.15, 0.2) is 6.20 Å². The Hall–Kier alpha value is -1.59. The first-order valence-electron chi connectivity index (χ1n) is 6.41. The second-order valence-electron chi connectivity index (χ2n) is 5.93. The van der Waals surface area contributed by atoms with Gasteiger partial charge in [-0.15, -0.1) is 0 Å². The summed E-state index contributed by atoms with van der Waals surface area (Å²) in [6.07, 6.45) is 0.398. The molecule has 19 heavy (non-hydrogen) atoms. The van der Waals surface area contributed by atoms with Crippen molar-refractivity contribution in [1.82, 2.24) is 14.9 Å². The molecule has 2 atom stereocenters. The van der Waals surface area contributed by atoms with Crippen molar-refractivity contribution in [3.05, 3.63) is 17.7 Å². The van der Waals surface area contributed by atoms with E-state index in [1.165, 1.54) is 4.90 Å². The largest absolute Gasteiger partial charge is 0.444 e. The summed E-state index contributed by atoms with van der Waals surface area (Å²) in [6.45, 7) is 7.30. The van der Waals surface area contributed by atoms with Crippen molar-refractivity contribution >= 4 is 6.09 Å². The van der Waals surface area contributed by atoms with Crippen LogP contribution in [0.2, 0.25) is 0 Å². The van der Waals surface area contributed by atoms with Crippen molar-refractivity contribution < 1.29 is 13.9 Å². The van der Waals surface area contributed by atoms with Crippen LogP contribution in [-0.4, -0.2) is 39.3 Å². The molecule has 2 heterocycles. The molecule has 0 aliphatic carbocycles. The number of hydrogen-bond acceptors (Lipinski definition) is 3. The Morgan fingerprint density at radius 3 is 2.79 bits per heavy atom. The maximum Gasteiger partial charge on any atom is 0.411 e. The molecule has 1 saturated heterocycles. The highest BCUT2D eigenvalue weighted by atomic mass is 19.1. The highest BCUT2D eigenvalue weighted by molar-refractivity contribution is 5.69. The summed E-state index contributed by atoms with van der Waals surface area (Å²) in [6, 6.07) is -0.376. The molecule has 0 aromatic carbocycles. The van der Waals surface area contributed by atoms with Gasteiger partial charge in [0.25, 0.3) is 0 Å². The number of aromatic nitrogens is 2. The number of aromatic amines is 1. The number of aryl methyl sites for hydroxylation is 1. The number of hydrogen-bond donors (Lipinski definition) is 1. The molecule has 5 nitrogen and oxygen atoms in total. The van der Waals surface area contributed by atoms with Crippen LogP contribution in [0.5, 0.6) is 0 Å². The quantitative estimate of drug-likeness (QED) is 0.852. The van der Waals surface area contributed by atoms with Crippen LogP contribution < -0.4 is 0 Å². The molecule has 1 N–H and O–H groups in total. The number of carbonyl (C=O) groups excluding carboxylic acids is 1. The number of alkyl halides is 1. The first-order chi connectivity index (χ1) is 8.76. The lowest BCUT2D eigenvalue weighted by Crippen LogP contribution is -2.37. The molecule has 0 spiro atoms. The van der Waals surface area contributed by atoms with E-state index in [-0.39, 0.29) is 19.0 Å². The standard InChI is InChI=1S/C13H20FN3O2/c1-8-6-15-11(16-8)10-5-9(14)7-17(10)12(18)19-13(2,3)4/h6,9-10H,5,7H2,1-4H3,(H,15,16)/t9?,10-/m0/s1. The molecule has 0 bridgehead atoms. The average molecular weight is 269 g/mol. The number of rotatable bonds is 1. The fraction of sp³-hybridized carbons (Fsp3) is 0.692. The minimum absolute atomic E-state index is 0.0549. The number of nitrogens with one attached hydrogen (secondary N) is 1. The number of H-pyrrole nitrogens is 1. The van der Waals surface area contributed by atoms with E-state index in [0.29, 0.717) is 5.82 Å². The molecule has 1 amide bonds. The van der Waals surface area contributed by atoms with Gasteiger partial charge in [-0.1, -0.05) is 0 Å². The Kier molecular flexibility index (Phi) is 3.52. The van der Waals surface area contributed by atoms with E-state index in [2.05, 4.69) is 9.97 Å². The SMILES string of the molecule is Cc1cnc([C@@H]2CC(F)CN2C(=O)OC(C)(C)C)[nH]1. The van der Waals surface area contributed by atoms with Gasteiger partial charge in [-0.2, -0.15) is 0 Å². The smallest absolute Gasteiger partial charge is 0.411 e. The average Bonchev–Trinajstić information content (AvgIpc) is 2.81. The molecule has 1 aliphatic rings. The van der Waals surface area contributed by atoms with Gasteiger partial charge in [-0.3, -0.25) is 4.90 Å². The normalized spacial score (nSPS) is 23.7. The molecule has 2 rings (SSSR count). The molecular weight excluding hydrogens is 249 g/mol. The minimum Gasteiger partial charge on any atom is -0.444 e. The third-order valence-corrected chi connectivity index (χ3v) is 2.92. The van der Waals surface area contributed by atoms with E-state index in [0.717, 1.165) is 5.69 Å². The highest BCUT2D eigenvalue weighted by Crippen LogP contribution is 2.33. The summed E-state index contributed by atoms with van der Waals surface area (Å²) < 4.78 is 18.9. The molecule has 1 unspecified atom stereocenters. The van der Waals surface area contributed by atoms with E-state index in [4.69, 9.17) is 4.74 Å². The number of carbonyl (C=O) groups is 1. The zero-order valence-electron chi connectivity index (χ0n) is 11.7. The van der Waals surface area contributed by atoms with E-state index >= 15 is 0 Å². The zero-order chi connectivity index (χ0) is 14.2. The van der Waals surface area contributed by atoms with E-state index in [9.17, 15) is 9.18 Å². The summed E-state index contributed by atoms with van der Waals surface area (Å²) in [5.74, 6) is 0.614. The van der Waals surface area contributed by atoms with Gasteiger partial charge < -0.3 is 9.72 Å². The Morgan fingerprint density at radius 2 is 2.26 bits per heavy atom. The zero-order valence-corrected chi connectivity index (χ0v) is 11.7. The monoisotopic (exact) mass is 269 g/mol. The van der Waals surface area contributed by atoms with Crippen LogP contribution in [0.4, 0.5) is 9.18 Å². The summed E-state index contributed by atoms with van der Waals surface area (Å²) in [5, 5.41) is 0. The van der Waals surface area contributed by atoms with Crippen LogP contribution in [0.3, 0.4) is 0 Å². The third kappa shape index (κ3) is 3.24. The number of imidazole rings is 1. The van der Waals surface area contributed by atoms with Gasteiger partial charge in [0.2, 0.25) is 0 Å². The molecule has 0 saturated carbocycles. The fourth-order valence-corrected chi connectivity index (χ4v) is 2.17. The van der Waals surface area contributed by atoms with E-state index in [1.807, 2.05) is 6.92 Å². The van der Waals surface area contributed by atoms with Crippen molar-refractivity contribution in [3.63, 3.8) is 0 Å². The molecule has 0 radical (unpaired) electrons. The number of likely N-dealkylation sites (tertiary alicyclic amines) is 1. The van der Waals surface area contributed by atoms with Crippen molar-refractivity contribution in [2.24, 2.45) is 0 Å². The molecule has 1 aromatic heterocycles. The maximum atomic E-state index is 13.6. The van der Waals surface area contributed by atoms with Crippen LogP contribution in [-0.2, 0) is 4.74 Å². The lowest BCUT2D eigenvalue weighted by molar-refractivity contribution is 0.0211. The highest BCUT2D eigenvalue weighted by Gasteiger charge is 2.39. The van der Waals surface area contributed by atoms with Gasteiger partial charge in [-0.25, -0.2) is 14.2 Å². The number of nitrogens with zero attached hydrogens (tertiary/aromatic N) is 2. The Labute approximate surface area is 112 Å². The molecule has 1 fully saturated rings. The summed E-state index contributed by atoms with van der Waals surface area (Å²) >= 11 is 0. The first-order valence-corrected chi connectivity index (χ1v) is 6.41. The maximum absolute atomic E-state index is 13.6. The Balaban J connectivity index is 2.16. The second kappa shape index (κ2) is 4.83. The number of amides is 1. The van der Waals surface area contributed by atoms with Gasteiger partial charge in [-0.05, 0) is 27.7 Å².